The second-order valence-corrected chi connectivity index (χ2v) is 7.06. The highest BCUT2D eigenvalue weighted by atomic mass is 32.2. The maximum atomic E-state index is 13.1. The first kappa shape index (κ1) is 18.2. The van der Waals surface area contributed by atoms with Gasteiger partial charge < -0.3 is 5.32 Å². The van der Waals surface area contributed by atoms with Crippen molar-refractivity contribution in [2.24, 2.45) is 0 Å². The molecule has 3 aromatic rings. The molecule has 0 unspecified atom stereocenters. The first-order chi connectivity index (χ1) is 12.6. The number of nitrogens with one attached hydrogen (secondary N) is 2. The quantitative estimate of drug-likeness (QED) is 0.614. The molecule has 2 aromatic carbocycles. The van der Waals surface area contributed by atoms with Gasteiger partial charge in [0.25, 0.3) is 5.91 Å². The molecule has 1 aromatic heterocycles. The third-order valence-corrected chi connectivity index (χ3v) is 4.97. The van der Waals surface area contributed by atoms with Crippen molar-refractivity contribution in [1.82, 2.24) is 15.5 Å². The lowest BCUT2D eigenvalue weighted by Crippen LogP contribution is -2.25. The predicted octanol–water partition coefficient (Wildman–Crippen LogP) is 4.19. The van der Waals surface area contributed by atoms with Crippen LogP contribution in [0.3, 0.4) is 0 Å². The molecule has 0 radical (unpaired) electrons. The molecule has 3 rings (SSSR count). The zero-order valence-electron chi connectivity index (χ0n) is 14.5. The number of benzene rings is 2. The zero-order chi connectivity index (χ0) is 18.4. The fraction of sp³-hybridized carbons (Fsp3) is 0.200. The summed E-state index contributed by atoms with van der Waals surface area (Å²) in [5.74, 6) is 1.24. The van der Waals surface area contributed by atoms with Crippen molar-refractivity contribution in [2.75, 3.05) is 12.3 Å². The Morgan fingerprint density at radius 1 is 1.15 bits per heavy atom. The summed E-state index contributed by atoms with van der Waals surface area (Å²) < 4.78 is 13.1. The molecule has 0 aliphatic heterocycles. The monoisotopic (exact) mass is 369 g/mol. The van der Waals surface area contributed by atoms with Crippen molar-refractivity contribution in [3.05, 3.63) is 77.2 Å². The van der Waals surface area contributed by atoms with Crippen LogP contribution in [-0.2, 0) is 5.75 Å². The van der Waals surface area contributed by atoms with E-state index in [0.29, 0.717) is 17.8 Å². The van der Waals surface area contributed by atoms with Crippen LogP contribution in [0.15, 0.2) is 54.7 Å². The molecule has 4 nitrogen and oxygen atoms in total. The van der Waals surface area contributed by atoms with Gasteiger partial charge in [-0.05, 0) is 36.8 Å². The number of amides is 1. The van der Waals surface area contributed by atoms with Crippen molar-refractivity contribution < 1.29 is 9.18 Å². The van der Waals surface area contributed by atoms with Crippen molar-refractivity contribution in [3.63, 3.8) is 0 Å². The van der Waals surface area contributed by atoms with Crippen LogP contribution < -0.4 is 5.32 Å². The number of thioether (sulfide) groups is 1. The second kappa shape index (κ2) is 8.67. The van der Waals surface area contributed by atoms with Gasteiger partial charge >= 0.3 is 0 Å². The number of H-pyrrole nitrogens is 1. The third-order valence-electron chi connectivity index (χ3n) is 3.94. The summed E-state index contributed by atoms with van der Waals surface area (Å²) in [4.78, 5) is 12.4. The Morgan fingerprint density at radius 3 is 2.62 bits per heavy atom. The Labute approximate surface area is 156 Å². The number of aromatic amines is 1. The average molecular weight is 369 g/mol. The summed E-state index contributed by atoms with van der Waals surface area (Å²) in [6.45, 7) is 2.64. The molecule has 0 saturated carbocycles. The van der Waals surface area contributed by atoms with Gasteiger partial charge in [-0.1, -0.05) is 29.8 Å². The number of halogens is 1. The smallest absolute Gasteiger partial charge is 0.255 e. The van der Waals surface area contributed by atoms with Gasteiger partial charge in [-0.25, -0.2) is 4.39 Å². The molecule has 134 valence electrons. The second-order valence-electron chi connectivity index (χ2n) is 5.96. The number of aromatic nitrogens is 2. The minimum Gasteiger partial charge on any atom is -0.351 e. The molecule has 1 amide bonds. The van der Waals surface area contributed by atoms with E-state index in [4.69, 9.17) is 0 Å². The number of carbonyl (C=O) groups excluding carboxylic acids is 1. The van der Waals surface area contributed by atoms with Crippen LogP contribution in [0.5, 0.6) is 0 Å². The van der Waals surface area contributed by atoms with Crippen LogP contribution in [0, 0.1) is 12.7 Å². The van der Waals surface area contributed by atoms with Crippen molar-refractivity contribution in [3.8, 4) is 11.3 Å². The number of carbonyl (C=O) groups is 1. The van der Waals surface area contributed by atoms with Gasteiger partial charge in [-0.15, -0.1) is 0 Å². The van der Waals surface area contributed by atoms with E-state index >= 15 is 0 Å². The van der Waals surface area contributed by atoms with Crippen molar-refractivity contribution in [1.29, 1.82) is 0 Å². The molecule has 0 spiro atoms. The third kappa shape index (κ3) is 4.73. The molecule has 0 saturated heterocycles. The molecule has 0 aliphatic rings. The van der Waals surface area contributed by atoms with Crippen LogP contribution in [0.2, 0.25) is 0 Å². The van der Waals surface area contributed by atoms with Gasteiger partial charge in [0.1, 0.15) is 5.82 Å². The van der Waals surface area contributed by atoms with E-state index in [2.05, 4.69) is 46.7 Å². The number of aryl methyl sites for hydroxylation is 1. The van der Waals surface area contributed by atoms with Gasteiger partial charge in [-0.3, -0.25) is 9.89 Å². The predicted molar refractivity (Wildman–Crippen MR) is 104 cm³/mol. The summed E-state index contributed by atoms with van der Waals surface area (Å²) in [5.41, 5.74) is 4.31. The first-order valence-corrected chi connectivity index (χ1v) is 9.50. The van der Waals surface area contributed by atoms with Gasteiger partial charge in [0.15, 0.2) is 0 Å². The van der Waals surface area contributed by atoms with Gasteiger partial charge in [0.2, 0.25) is 0 Å². The van der Waals surface area contributed by atoms with E-state index < -0.39 is 0 Å². The zero-order valence-corrected chi connectivity index (χ0v) is 15.3. The molecule has 0 fully saturated rings. The van der Waals surface area contributed by atoms with Crippen LogP contribution in [0.25, 0.3) is 11.3 Å². The lowest BCUT2D eigenvalue weighted by molar-refractivity contribution is 0.0957. The maximum Gasteiger partial charge on any atom is 0.255 e. The molecule has 6 heteroatoms. The molecule has 0 bridgehead atoms. The first-order valence-electron chi connectivity index (χ1n) is 8.34. The van der Waals surface area contributed by atoms with Gasteiger partial charge in [0.05, 0.1) is 17.5 Å². The normalized spacial score (nSPS) is 10.7. The molecule has 0 atom stereocenters. The standard InChI is InChI=1S/C20H20FN3OS/c1-14-2-4-15(5-3-14)13-26-11-10-22-20(25)18-12-23-24-19(18)16-6-8-17(21)9-7-16/h2-9,12H,10-11,13H2,1H3,(H,22,25)(H,23,24). The Morgan fingerprint density at radius 2 is 1.88 bits per heavy atom. The Kier molecular flexibility index (Phi) is 6.07. The highest BCUT2D eigenvalue weighted by Gasteiger charge is 2.14. The number of nitrogens with zero attached hydrogens (tertiary/aromatic N) is 1. The Balaban J connectivity index is 1.49. The average Bonchev–Trinajstić information content (AvgIpc) is 3.13. The maximum absolute atomic E-state index is 13.1. The number of hydrogen-bond acceptors (Lipinski definition) is 3. The Hall–Kier alpha value is -2.60. The summed E-state index contributed by atoms with van der Waals surface area (Å²) >= 11 is 1.77. The lowest BCUT2D eigenvalue weighted by Gasteiger charge is -2.06. The fourth-order valence-electron chi connectivity index (χ4n) is 2.50. The summed E-state index contributed by atoms with van der Waals surface area (Å²) in [7, 11) is 0. The van der Waals surface area contributed by atoms with Gasteiger partial charge in [0, 0.05) is 23.6 Å². The SMILES string of the molecule is Cc1ccc(CSCCNC(=O)c2cn[nH]c2-c2ccc(F)cc2)cc1. The van der Waals surface area contributed by atoms with E-state index in [0.717, 1.165) is 17.1 Å². The summed E-state index contributed by atoms with van der Waals surface area (Å²) in [5, 5.41) is 9.67. The van der Waals surface area contributed by atoms with Gasteiger partial charge in [-0.2, -0.15) is 16.9 Å². The van der Waals surface area contributed by atoms with Crippen molar-refractivity contribution in [2.45, 2.75) is 12.7 Å². The van der Waals surface area contributed by atoms with Crippen LogP contribution in [0.1, 0.15) is 21.5 Å². The fourth-order valence-corrected chi connectivity index (χ4v) is 3.32. The summed E-state index contributed by atoms with van der Waals surface area (Å²) in [6.07, 6.45) is 1.49. The topological polar surface area (TPSA) is 57.8 Å². The highest BCUT2D eigenvalue weighted by molar-refractivity contribution is 7.98. The largest absolute Gasteiger partial charge is 0.351 e. The van der Waals surface area contributed by atoms with Crippen molar-refractivity contribution >= 4 is 17.7 Å². The molecular formula is C20H20FN3OS. The molecule has 26 heavy (non-hydrogen) atoms. The van der Waals surface area contributed by atoms with Crippen LogP contribution >= 0.6 is 11.8 Å². The summed E-state index contributed by atoms with van der Waals surface area (Å²) in [6, 6.07) is 14.4. The van der Waals surface area contributed by atoms with E-state index in [1.54, 1.807) is 23.9 Å². The molecular weight excluding hydrogens is 349 g/mol. The van der Waals surface area contributed by atoms with Crippen LogP contribution in [-0.4, -0.2) is 28.4 Å². The van der Waals surface area contributed by atoms with E-state index in [1.807, 2.05) is 0 Å². The molecule has 2 N–H and O–H groups in total. The van der Waals surface area contributed by atoms with E-state index in [9.17, 15) is 9.18 Å². The lowest BCUT2D eigenvalue weighted by atomic mass is 10.1. The Bertz CT molecular complexity index is 860. The molecule has 1 heterocycles. The minimum absolute atomic E-state index is 0.186. The minimum atomic E-state index is -0.315. The number of rotatable bonds is 7. The van der Waals surface area contributed by atoms with E-state index in [-0.39, 0.29) is 11.7 Å². The highest BCUT2D eigenvalue weighted by Crippen LogP contribution is 2.21. The number of hydrogen-bond donors (Lipinski definition) is 2. The molecule has 0 aliphatic carbocycles. The van der Waals surface area contributed by atoms with Crippen LogP contribution in [0.4, 0.5) is 4.39 Å². The van der Waals surface area contributed by atoms with E-state index in [1.165, 1.54) is 29.5 Å².